The smallest absolute Gasteiger partial charge is 0.260 e. The van der Waals surface area contributed by atoms with E-state index in [1.165, 1.54) is 17.4 Å². The molecule has 2 aromatic carbocycles. The van der Waals surface area contributed by atoms with Crippen LogP contribution in [0.5, 0.6) is 0 Å². The van der Waals surface area contributed by atoms with Gasteiger partial charge in [-0.1, -0.05) is 17.4 Å². The number of carbonyl (C=O) groups is 3. The van der Waals surface area contributed by atoms with Crippen molar-refractivity contribution in [3.63, 3.8) is 0 Å². The third kappa shape index (κ3) is 5.42. The van der Waals surface area contributed by atoms with Crippen LogP contribution in [0, 0.1) is 0 Å². The second-order valence-corrected chi connectivity index (χ2v) is 12.0. The van der Waals surface area contributed by atoms with Gasteiger partial charge in [-0.3, -0.25) is 29.1 Å². The number of benzene rings is 2. The summed E-state index contributed by atoms with van der Waals surface area (Å²) in [5.41, 5.74) is 1.29. The Morgan fingerprint density at radius 2 is 1.81 bits per heavy atom. The van der Waals surface area contributed by atoms with E-state index in [0.717, 1.165) is 24.2 Å². The highest BCUT2D eigenvalue weighted by atomic mass is 32.2. The zero-order valence-corrected chi connectivity index (χ0v) is 21.9. The molecule has 0 saturated carbocycles. The topological polar surface area (TPSA) is 117 Å². The standard InChI is InChI=1S/C25H26N4O6S2/c1-37(33,34)19-5-6-20-21(16-19)36-25(26-20)28(10-9-27-11-13-35-14-12-27)24(32)17-3-2-4-18(15-17)29-22(30)7-8-23(29)31/h2-6,15-16H,7-14H2,1H3. The van der Waals surface area contributed by atoms with E-state index in [9.17, 15) is 22.8 Å². The number of fused-ring (bicyclic) bond motifs is 1. The highest BCUT2D eigenvalue weighted by Gasteiger charge is 2.31. The van der Waals surface area contributed by atoms with Gasteiger partial charge in [0, 0.05) is 50.8 Å². The Balaban J connectivity index is 1.49. The third-order valence-corrected chi connectivity index (χ3v) is 8.55. The number of imide groups is 1. The Morgan fingerprint density at radius 1 is 1.08 bits per heavy atom. The molecule has 10 nitrogen and oxygen atoms in total. The van der Waals surface area contributed by atoms with Crippen LogP contribution in [-0.4, -0.2) is 81.7 Å². The number of amides is 3. The molecule has 2 fully saturated rings. The van der Waals surface area contributed by atoms with E-state index in [0.29, 0.717) is 52.9 Å². The average Bonchev–Trinajstić information content (AvgIpc) is 3.46. The number of morpholine rings is 1. The van der Waals surface area contributed by atoms with Gasteiger partial charge in [-0.25, -0.2) is 13.4 Å². The Hall–Kier alpha value is -3.19. The number of sulfone groups is 1. The number of rotatable bonds is 7. The molecule has 0 N–H and O–H groups in total. The zero-order chi connectivity index (χ0) is 26.2. The van der Waals surface area contributed by atoms with Crippen molar-refractivity contribution >= 4 is 59.9 Å². The van der Waals surface area contributed by atoms with Crippen LogP contribution in [0.2, 0.25) is 0 Å². The number of hydrogen-bond acceptors (Lipinski definition) is 9. The Bertz CT molecular complexity index is 1460. The second kappa shape index (κ2) is 10.3. The summed E-state index contributed by atoms with van der Waals surface area (Å²) in [4.78, 5) is 48.0. The summed E-state index contributed by atoms with van der Waals surface area (Å²) >= 11 is 1.24. The van der Waals surface area contributed by atoms with Gasteiger partial charge in [-0.05, 0) is 36.4 Å². The van der Waals surface area contributed by atoms with Crippen molar-refractivity contribution in [1.82, 2.24) is 9.88 Å². The molecule has 194 valence electrons. The summed E-state index contributed by atoms with van der Waals surface area (Å²) < 4.78 is 30.1. The molecule has 0 spiro atoms. The predicted octanol–water partition coefficient (Wildman–Crippen LogP) is 2.33. The van der Waals surface area contributed by atoms with Gasteiger partial charge in [0.2, 0.25) is 11.8 Å². The molecule has 2 aliphatic heterocycles. The average molecular weight is 543 g/mol. The van der Waals surface area contributed by atoms with Crippen molar-refractivity contribution in [2.75, 3.05) is 55.4 Å². The zero-order valence-electron chi connectivity index (χ0n) is 20.3. The van der Waals surface area contributed by atoms with E-state index in [1.807, 2.05) is 0 Å². The van der Waals surface area contributed by atoms with Gasteiger partial charge >= 0.3 is 0 Å². The second-order valence-electron chi connectivity index (χ2n) is 8.98. The van der Waals surface area contributed by atoms with Gasteiger partial charge in [-0.15, -0.1) is 0 Å². The molecule has 37 heavy (non-hydrogen) atoms. The molecule has 3 amide bonds. The first-order chi connectivity index (χ1) is 17.7. The highest BCUT2D eigenvalue weighted by molar-refractivity contribution is 7.90. The van der Waals surface area contributed by atoms with Crippen LogP contribution in [-0.2, 0) is 24.2 Å². The molecule has 1 aromatic heterocycles. The van der Waals surface area contributed by atoms with Gasteiger partial charge in [0.15, 0.2) is 15.0 Å². The van der Waals surface area contributed by atoms with Crippen LogP contribution in [0.4, 0.5) is 10.8 Å². The summed E-state index contributed by atoms with van der Waals surface area (Å²) in [5.74, 6) is -0.894. The van der Waals surface area contributed by atoms with Crippen LogP contribution in [0.25, 0.3) is 10.2 Å². The van der Waals surface area contributed by atoms with Gasteiger partial charge in [0.25, 0.3) is 5.91 Å². The number of ether oxygens (including phenoxy) is 1. The van der Waals surface area contributed by atoms with Crippen molar-refractivity contribution in [3.8, 4) is 0 Å². The number of hydrogen-bond donors (Lipinski definition) is 0. The van der Waals surface area contributed by atoms with Gasteiger partial charge in [0.1, 0.15) is 0 Å². The molecule has 3 aromatic rings. The van der Waals surface area contributed by atoms with Crippen LogP contribution >= 0.6 is 11.3 Å². The minimum absolute atomic E-state index is 0.157. The van der Waals surface area contributed by atoms with Gasteiger partial charge in [-0.2, -0.15) is 0 Å². The molecule has 0 radical (unpaired) electrons. The molecule has 12 heteroatoms. The third-order valence-electron chi connectivity index (χ3n) is 6.40. The van der Waals surface area contributed by atoms with Crippen molar-refractivity contribution in [2.45, 2.75) is 17.7 Å². The van der Waals surface area contributed by atoms with Gasteiger partial charge in [0.05, 0.1) is 34.0 Å². The van der Waals surface area contributed by atoms with Crippen LogP contribution in [0.3, 0.4) is 0 Å². The number of carbonyl (C=O) groups excluding carboxylic acids is 3. The molecule has 0 atom stereocenters. The normalized spacial score (nSPS) is 17.1. The Morgan fingerprint density at radius 3 is 2.51 bits per heavy atom. The van der Waals surface area contributed by atoms with E-state index in [2.05, 4.69) is 9.88 Å². The molecule has 0 bridgehead atoms. The minimum atomic E-state index is -3.39. The lowest BCUT2D eigenvalue weighted by Gasteiger charge is -2.29. The predicted molar refractivity (Wildman–Crippen MR) is 140 cm³/mol. The molecule has 5 rings (SSSR count). The van der Waals surface area contributed by atoms with E-state index in [-0.39, 0.29) is 35.5 Å². The van der Waals surface area contributed by atoms with E-state index < -0.39 is 9.84 Å². The fourth-order valence-electron chi connectivity index (χ4n) is 4.39. The lowest BCUT2D eigenvalue weighted by atomic mass is 10.1. The van der Waals surface area contributed by atoms with Crippen LogP contribution in [0.1, 0.15) is 23.2 Å². The number of thiazole rings is 1. The first-order valence-electron chi connectivity index (χ1n) is 11.9. The first-order valence-corrected chi connectivity index (χ1v) is 14.6. The number of anilines is 2. The molecule has 0 aliphatic carbocycles. The summed E-state index contributed by atoms with van der Waals surface area (Å²) in [5, 5.41) is 0.442. The summed E-state index contributed by atoms with van der Waals surface area (Å²) in [6.07, 6.45) is 1.46. The largest absolute Gasteiger partial charge is 0.379 e. The maximum Gasteiger partial charge on any atom is 0.260 e. The molecular weight excluding hydrogens is 516 g/mol. The van der Waals surface area contributed by atoms with Crippen molar-refractivity contribution in [3.05, 3.63) is 48.0 Å². The first kappa shape index (κ1) is 25.5. The highest BCUT2D eigenvalue weighted by Crippen LogP contribution is 2.32. The van der Waals surface area contributed by atoms with Gasteiger partial charge < -0.3 is 4.74 Å². The maximum atomic E-state index is 13.8. The van der Waals surface area contributed by atoms with E-state index in [4.69, 9.17) is 4.74 Å². The maximum absolute atomic E-state index is 13.8. The lowest BCUT2D eigenvalue weighted by molar-refractivity contribution is -0.121. The number of nitrogens with zero attached hydrogens (tertiary/aromatic N) is 4. The van der Waals surface area contributed by atoms with Crippen molar-refractivity contribution in [2.24, 2.45) is 0 Å². The summed E-state index contributed by atoms with van der Waals surface area (Å²) in [6.45, 7) is 3.72. The Kier molecular flexibility index (Phi) is 7.08. The lowest BCUT2D eigenvalue weighted by Crippen LogP contribution is -2.43. The SMILES string of the molecule is CS(=O)(=O)c1ccc2nc(N(CCN3CCOCC3)C(=O)c3cccc(N4C(=O)CCC4=O)c3)sc2c1. The Labute approximate surface area is 218 Å². The van der Waals surface area contributed by atoms with Crippen molar-refractivity contribution < 1.29 is 27.5 Å². The molecule has 2 saturated heterocycles. The quantitative estimate of drug-likeness (QED) is 0.418. The number of aromatic nitrogens is 1. The summed E-state index contributed by atoms with van der Waals surface area (Å²) in [6, 6.07) is 11.2. The molecular formula is C25H26N4O6S2. The van der Waals surface area contributed by atoms with Crippen LogP contribution < -0.4 is 9.80 Å². The van der Waals surface area contributed by atoms with Crippen molar-refractivity contribution in [1.29, 1.82) is 0 Å². The van der Waals surface area contributed by atoms with E-state index in [1.54, 1.807) is 41.3 Å². The molecule has 3 heterocycles. The van der Waals surface area contributed by atoms with E-state index >= 15 is 0 Å². The fourth-order valence-corrected chi connectivity index (χ4v) is 6.14. The van der Waals surface area contributed by atoms with Crippen LogP contribution in [0.15, 0.2) is 47.4 Å². The monoisotopic (exact) mass is 542 g/mol. The minimum Gasteiger partial charge on any atom is -0.379 e. The summed E-state index contributed by atoms with van der Waals surface area (Å²) in [7, 11) is -3.39. The fraction of sp³-hybridized carbons (Fsp3) is 0.360. The molecule has 0 unspecified atom stereocenters. The molecule has 2 aliphatic rings.